The van der Waals surface area contributed by atoms with Crippen molar-refractivity contribution in [3.05, 3.63) is 45.9 Å². The van der Waals surface area contributed by atoms with Crippen LogP contribution in [0.4, 0.5) is 4.39 Å². The fourth-order valence-electron chi connectivity index (χ4n) is 1.40. The van der Waals surface area contributed by atoms with Crippen molar-refractivity contribution < 1.29 is 9.50 Å². The van der Waals surface area contributed by atoms with Crippen molar-refractivity contribution in [1.82, 2.24) is 15.0 Å². The molecule has 0 aliphatic rings. The summed E-state index contributed by atoms with van der Waals surface area (Å²) in [5.41, 5.74) is 1.14. The van der Waals surface area contributed by atoms with Crippen molar-refractivity contribution in [1.29, 1.82) is 0 Å². The van der Waals surface area contributed by atoms with Gasteiger partial charge < -0.3 is 5.11 Å². The Morgan fingerprint density at radius 1 is 1.50 bits per heavy atom. The van der Waals surface area contributed by atoms with E-state index in [1.54, 1.807) is 7.05 Å². The number of nitrogens with zero attached hydrogens (tertiary/aromatic N) is 3. The fraction of sp³-hybridized carbons (Fsp3) is 0.200. The summed E-state index contributed by atoms with van der Waals surface area (Å²) >= 11 is 3.07. The van der Waals surface area contributed by atoms with Crippen molar-refractivity contribution in [2.75, 3.05) is 0 Å². The van der Waals surface area contributed by atoms with Crippen LogP contribution in [0.1, 0.15) is 17.4 Å². The molecule has 1 aromatic carbocycles. The zero-order valence-corrected chi connectivity index (χ0v) is 10.0. The van der Waals surface area contributed by atoms with E-state index in [0.717, 1.165) is 0 Å². The lowest BCUT2D eigenvalue weighted by molar-refractivity contribution is 0.209. The molecule has 16 heavy (non-hydrogen) atoms. The predicted molar refractivity (Wildman–Crippen MR) is 59.2 cm³/mol. The summed E-state index contributed by atoms with van der Waals surface area (Å²) in [7, 11) is 1.68. The molecule has 0 aliphatic heterocycles. The van der Waals surface area contributed by atoms with Gasteiger partial charge in [0.1, 0.15) is 11.9 Å². The van der Waals surface area contributed by atoms with Crippen LogP contribution in [-0.4, -0.2) is 20.1 Å². The Balaban J connectivity index is 2.38. The van der Waals surface area contributed by atoms with Crippen molar-refractivity contribution in [3.8, 4) is 0 Å². The number of aliphatic hydroxyl groups is 1. The molecule has 0 amide bonds. The van der Waals surface area contributed by atoms with Crippen LogP contribution in [0, 0.1) is 5.82 Å². The molecule has 1 heterocycles. The second-order valence-corrected chi connectivity index (χ2v) is 4.21. The molecular formula is C10H9BrFN3O. The molecule has 1 atom stereocenters. The summed E-state index contributed by atoms with van der Waals surface area (Å²) in [6.45, 7) is 0. The van der Waals surface area contributed by atoms with Crippen molar-refractivity contribution in [3.63, 3.8) is 0 Å². The van der Waals surface area contributed by atoms with Crippen molar-refractivity contribution >= 4 is 15.9 Å². The molecule has 0 radical (unpaired) electrons. The number of benzene rings is 1. The Hall–Kier alpha value is -1.27. The lowest BCUT2D eigenvalue weighted by Gasteiger charge is -2.10. The van der Waals surface area contributed by atoms with Gasteiger partial charge in [-0.3, -0.25) is 0 Å². The van der Waals surface area contributed by atoms with E-state index in [1.807, 2.05) is 0 Å². The largest absolute Gasteiger partial charge is 0.382 e. The van der Waals surface area contributed by atoms with E-state index in [0.29, 0.717) is 15.7 Å². The number of rotatable bonds is 2. The smallest absolute Gasteiger partial charge is 0.137 e. The van der Waals surface area contributed by atoms with Crippen LogP contribution < -0.4 is 0 Å². The van der Waals surface area contributed by atoms with Crippen LogP contribution >= 0.6 is 15.9 Å². The highest BCUT2D eigenvalue weighted by Crippen LogP contribution is 2.25. The third-order valence-electron chi connectivity index (χ3n) is 2.29. The van der Waals surface area contributed by atoms with E-state index in [2.05, 4.69) is 26.2 Å². The quantitative estimate of drug-likeness (QED) is 0.915. The molecule has 4 nitrogen and oxygen atoms in total. The first kappa shape index (κ1) is 11.2. The van der Waals surface area contributed by atoms with E-state index in [9.17, 15) is 9.50 Å². The molecule has 2 aromatic rings. The molecule has 0 saturated heterocycles. The van der Waals surface area contributed by atoms with E-state index in [4.69, 9.17) is 0 Å². The second kappa shape index (κ2) is 4.31. The average Bonchev–Trinajstić information content (AvgIpc) is 2.67. The van der Waals surface area contributed by atoms with Gasteiger partial charge in [-0.15, -0.1) is 5.10 Å². The van der Waals surface area contributed by atoms with Gasteiger partial charge in [0.2, 0.25) is 0 Å². The predicted octanol–water partition coefficient (Wildman–Crippen LogP) is 1.80. The summed E-state index contributed by atoms with van der Waals surface area (Å²) in [5, 5.41) is 17.4. The number of hydrogen-bond donors (Lipinski definition) is 1. The monoisotopic (exact) mass is 285 g/mol. The first-order valence-electron chi connectivity index (χ1n) is 4.57. The van der Waals surface area contributed by atoms with Gasteiger partial charge in [-0.05, 0) is 33.6 Å². The van der Waals surface area contributed by atoms with Gasteiger partial charge in [-0.25, -0.2) is 9.07 Å². The highest BCUT2D eigenvalue weighted by molar-refractivity contribution is 9.10. The Labute approximate surface area is 99.8 Å². The molecule has 0 fully saturated rings. The van der Waals surface area contributed by atoms with E-state index >= 15 is 0 Å². The number of aliphatic hydroxyl groups excluding tert-OH is 1. The van der Waals surface area contributed by atoms with Gasteiger partial charge in [0.25, 0.3) is 0 Å². The van der Waals surface area contributed by atoms with Gasteiger partial charge >= 0.3 is 0 Å². The van der Waals surface area contributed by atoms with Gasteiger partial charge in [0.05, 0.1) is 16.4 Å². The van der Waals surface area contributed by atoms with Gasteiger partial charge in [0.15, 0.2) is 0 Å². The third kappa shape index (κ3) is 1.98. The fourth-order valence-corrected chi connectivity index (χ4v) is 1.79. The second-order valence-electron chi connectivity index (χ2n) is 3.36. The minimum absolute atomic E-state index is 0.319. The molecule has 6 heteroatoms. The minimum atomic E-state index is -0.864. The zero-order chi connectivity index (χ0) is 11.7. The Morgan fingerprint density at radius 3 is 2.81 bits per heavy atom. The normalized spacial score (nSPS) is 12.8. The molecule has 84 valence electrons. The maximum Gasteiger partial charge on any atom is 0.137 e. The van der Waals surface area contributed by atoms with Gasteiger partial charge in [0, 0.05) is 7.05 Å². The van der Waals surface area contributed by atoms with E-state index in [-0.39, 0.29) is 5.82 Å². The first-order chi connectivity index (χ1) is 7.59. The van der Waals surface area contributed by atoms with Crippen LogP contribution in [-0.2, 0) is 7.05 Å². The first-order valence-corrected chi connectivity index (χ1v) is 5.36. The maximum atomic E-state index is 13.0. The maximum absolute atomic E-state index is 13.0. The van der Waals surface area contributed by atoms with E-state index in [1.165, 1.54) is 29.1 Å². The van der Waals surface area contributed by atoms with Crippen LogP contribution in [0.2, 0.25) is 0 Å². The number of halogens is 2. The Bertz CT molecular complexity index is 515. The zero-order valence-electron chi connectivity index (χ0n) is 8.43. The third-order valence-corrected chi connectivity index (χ3v) is 2.90. The lowest BCUT2D eigenvalue weighted by atomic mass is 10.1. The lowest BCUT2D eigenvalue weighted by Crippen LogP contribution is -2.06. The standard InChI is InChI=1S/C10H9BrFN3O/c1-15-9(5-13-14-15)10(16)6-2-3-8(12)7(11)4-6/h2-5,10,16H,1H3. The highest BCUT2D eigenvalue weighted by Gasteiger charge is 2.15. The summed E-state index contributed by atoms with van der Waals surface area (Å²) in [6, 6.07) is 4.36. The van der Waals surface area contributed by atoms with Crippen molar-refractivity contribution in [2.24, 2.45) is 7.05 Å². The molecule has 0 spiro atoms. The van der Waals surface area contributed by atoms with E-state index < -0.39 is 6.10 Å². The summed E-state index contributed by atoms with van der Waals surface area (Å²) in [6.07, 6.45) is 0.610. The van der Waals surface area contributed by atoms with Crippen LogP contribution in [0.3, 0.4) is 0 Å². The summed E-state index contributed by atoms with van der Waals surface area (Å²) < 4.78 is 14.8. The molecule has 1 unspecified atom stereocenters. The molecule has 2 rings (SSSR count). The molecule has 0 saturated carbocycles. The molecule has 0 aliphatic carbocycles. The topological polar surface area (TPSA) is 50.9 Å². The minimum Gasteiger partial charge on any atom is -0.382 e. The Kier molecular flexibility index (Phi) is 3.02. The number of aromatic nitrogens is 3. The number of aryl methyl sites for hydroxylation is 1. The summed E-state index contributed by atoms with van der Waals surface area (Å²) in [5.74, 6) is -0.362. The van der Waals surface area contributed by atoms with Crippen LogP contribution in [0.25, 0.3) is 0 Å². The van der Waals surface area contributed by atoms with Crippen LogP contribution in [0.5, 0.6) is 0 Å². The molecule has 1 N–H and O–H groups in total. The highest BCUT2D eigenvalue weighted by atomic mass is 79.9. The van der Waals surface area contributed by atoms with Crippen molar-refractivity contribution in [2.45, 2.75) is 6.10 Å². The molecule has 1 aromatic heterocycles. The molecular weight excluding hydrogens is 277 g/mol. The Morgan fingerprint density at radius 2 is 2.25 bits per heavy atom. The molecule has 0 bridgehead atoms. The average molecular weight is 286 g/mol. The number of hydrogen-bond acceptors (Lipinski definition) is 3. The SMILES string of the molecule is Cn1nncc1C(O)c1ccc(F)c(Br)c1. The summed E-state index contributed by atoms with van der Waals surface area (Å²) in [4.78, 5) is 0. The van der Waals surface area contributed by atoms with Gasteiger partial charge in [-0.2, -0.15) is 0 Å². The van der Waals surface area contributed by atoms with Gasteiger partial charge in [-0.1, -0.05) is 11.3 Å². The van der Waals surface area contributed by atoms with Crippen LogP contribution in [0.15, 0.2) is 28.9 Å².